The molecule has 1 aromatic rings. The van der Waals surface area contributed by atoms with E-state index in [1.54, 1.807) is 6.92 Å². The highest BCUT2D eigenvalue weighted by atomic mass is 79.9. The number of hydrogen-bond donors (Lipinski definition) is 2. The molecule has 100 valence electrons. The minimum absolute atomic E-state index is 0.0769. The number of nitrogens with one attached hydrogen (secondary N) is 1. The van der Waals surface area contributed by atoms with Crippen LogP contribution in [0.25, 0.3) is 0 Å². The van der Waals surface area contributed by atoms with Crippen molar-refractivity contribution in [2.24, 2.45) is 5.73 Å². The lowest BCUT2D eigenvalue weighted by molar-refractivity contribution is -0.126. The third-order valence-corrected chi connectivity index (χ3v) is 3.61. The Kier molecular flexibility index (Phi) is 5.35. The molecule has 3 nitrogen and oxygen atoms in total. The van der Waals surface area contributed by atoms with E-state index < -0.39 is 5.54 Å². The van der Waals surface area contributed by atoms with Crippen LogP contribution in [0.3, 0.4) is 0 Å². The zero-order chi connectivity index (χ0) is 13.8. The third-order valence-electron chi connectivity index (χ3n) is 3.09. The minimum atomic E-state index is -0.784. The highest BCUT2D eigenvalue weighted by molar-refractivity contribution is 9.10. The van der Waals surface area contributed by atoms with E-state index in [4.69, 9.17) is 5.73 Å². The molecule has 1 rings (SSSR count). The summed E-state index contributed by atoms with van der Waals surface area (Å²) >= 11 is 3.40. The average Bonchev–Trinajstić information content (AvgIpc) is 2.32. The molecule has 18 heavy (non-hydrogen) atoms. The summed E-state index contributed by atoms with van der Waals surface area (Å²) in [6.07, 6.45) is 1.43. The summed E-state index contributed by atoms with van der Waals surface area (Å²) in [4.78, 5) is 11.9. The van der Waals surface area contributed by atoms with E-state index in [0.717, 1.165) is 10.9 Å². The number of amides is 1. The molecule has 0 saturated heterocycles. The molecule has 0 spiro atoms. The van der Waals surface area contributed by atoms with Crippen molar-refractivity contribution < 1.29 is 4.79 Å². The van der Waals surface area contributed by atoms with Crippen molar-refractivity contribution in [3.05, 3.63) is 34.3 Å². The fourth-order valence-electron chi connectivity index (χ4n) is 1.57. The summed E-state index contributed by atoms with van der Waals surface area (Å²) in [5.74, 6) is -0.0883. The second kappa shape index (κ2) is 6.34. The van der Waals surface area contributed by atoms with Gasteiger partial charge in [0.25, 0.3) is 0 Å². The minimum Gasteiger partial charge on any atom is -0.352 e. The second-order valence-electron chi connectivity index (χ2n) is 4.98. The van der Waals surface area contributed by atoms with Crippen molar-refractivity contribution in [3.8, 4) is 0 Å². The molecule has 0 saturated carbocycles. The van der Waals surface area contributed by atoms with Gasteiger partial charge >= 0.3 is 0 Å². The van der Waals surface area contributed by atoms with E-state index in [0.29, 0.717) is 6.42 Å². The summed E-state index contributed by atoms with van der Waals surface area (Å²) in [6, 6.07) is 8.18. The lowest BCUT2D eigenvalue weighted by Gasteiger charge is -2.24. The van der Waals surface area contributed by atoms with Gasteiger partial charge in [0.2, 0.25) is 5.91 Å². The molecule has 1 amide bonds. The Morgan fingerprint density at radius 1 is 1.44 bits per heavy atom. The molecule has 4 heteroatoms. The number of carbonyl (C=O) groups is 1. The van der Waals surface area contributed by atoms with E-state index in [1.165, 1.54) is 5.56 Å². The van der Waals surface area contributed by atoms with Gasteiger partial charge in [0.1, 0.15) is 0 Å². The van der Waals surface area contributed by atoms with Crippen LogP contribution in [-0.2, 0) is 11.2 Å². The highest BCUT2D eigenvalue weighted by Crippen LogP contribution is 2.12. The van der Waals surface area contributed by atoms with Gasteiger partial charge in [-0.05, 0) is 44.4 Å². The van der Waals surface area contributed by atoms with Gasteiger partial charge in [0, 0.05) is 10.5 Å². The lowest BCUT2D eigenvalue weighted by atomic mass is 9.98. The van der Waals surface area contributed by atoms with Crippen LogP contribution in [0.1, 0.15) is 32.8 Å². The lowest BCUT2D eigenvalue weighted by Crippen LogP contribution is -2.53. The normalized spacial score (nSPS) is 15.8. The van der Waals surface area contributed by atoms with E-state index in [2.05, 4.69) is 21.2 Å². The molecule has 0 radical (unpaired) electrons. The molecule has 1 aromatic carbocycles. The molecule has 0 heterocycles. The van der Waals surface area contributed by atoms with Crippen LogP contribution >= 0.6 is 15.9 Å². The Hall–Kier alpha value is -0.870. The summed E-state index contributed by atoms with van der Waals surface area (Å²) in [5.41, 5.74) is 6.31. The van der Waals surface area contributed by atoms with Crippen LogP contribution in [0.2, 0.25) is 0 Å². The highest BCUT2D eigenvalue weighted by Gasteiger charge is 2.26. The van der Waals surface area contributed by atoms with Crippen molar-refractivity contribution in [1.29, 1.82) is 0 Å². The van der Waals surface area contributed by atoms with Crippen LogP contribution in [0.15, 0.2) is 28.7 Å². The van der Waals surface area contributed by atoms with E-state index in [1.807, 2.05) is 38.1 Å². The fourth-order valence-corrected chi connectivity index (χ4v) is 1.84. The monoisotopic (exact) mass is 312 g/mol. The first-order valence-corrected chi connectivity index (χ1v) is 6.98. The maximum Gasteiger partial charge on any atom is 0.240 e. The molecular formula is C14H21BrN2O. The molecule has 0 aliphatic rings. The molecule has 3 N–H and O–H groups in total. The van der Waals surface area contributed by atoms with Gasteiger partial charge < -0.3 is 11.1 Å². The van der Waals surface area contributed by atoms with Crippen LogP contribution in [0.4, 0.5) is 0 Å². The Morgan fingerprint density at radius 2 is 2.00 bits per heavy atom. The summed E-state index contributed by atoms with van der Waals surface area (Å²) < 4.78 is 1.06. The molecule has 0 fully saturated rings. The van der Waals surface area contributed by atoms with E-state index in [9.17, 15) is 4.79 Å². The predicted molar refractivity (Wildman–Crippen MR) is 78.3 cm³/mol. The summed E-state index contributed by atoms with van der Waals surface area (Å²) in [6.45, 7) is 5.67. The van der Waals surface area contributed by atoms with Crippen molar-refractivity contribution in [1.82, 2.24) is 5.32 Å². The number of carbonyl (C=O) groups excluding carboxylic acids is 1. The standard InChI is InChI=1S/C14H21BrN2O/c1-4-14(3,16)13(18)17-10(2)9-11-5-7-12(15)8-6-11/h5-8,10H,4,9,16H2,1-3H3,(H,17,18). The van der Waals surface area contributed by atoms with Gasteiger partial charge in [0.05, 0.1) is 5.54 Å². The van der Waals surface area contributed by atoms with Gasteiger partial charge in [-0.1, -0.05) is 35.0 Å². The summed E-state index contributed by atoms with van der Waals surface area (Å²) in [7, 11) is 0. The number of benzene rings is 1. The molecule has 0 aromatic heterocycles. The molecule has 0 bridgehead atoms. The first-order valence-electron chi connectivity index (χ1n) is 6.19. The maximum absolute atomic E-state index is 11.9. The Labute approximate surface area is 117 Å². The van der Waals surface area contributed by atoms with Crippen molar-refractivity contribution in [3.63, 3.8) is 0 Å². The van der Waals surface area contributed by atoms with Crippen molar-refractivity contribution in [2.75, 3.05) is 0 Å². The zero-order valence-corrected chi connectivity index (χ0v) is 12.8. The van der Waals surface area contributed by atoms with Crippen molar-refractivity contribution >= 4 is 21.8 Å². The van der Waals surface area contributed by atoms with Gasteiger partial charge in [-0.15, -0.1) is 0 Å². The van der Waals surface area contributed by atoms with Gasteiger partial charge in [-0.3, -0.25) is 4.79 Å². The fraction of sp³-hybridized carbons (Fsp3) is 0.500. The van der Waals surface area contributed by atoms with Gasteiger partial charge in [0.15, 0.2) is 0 Å². The maximum atomic E-state index is 11.9. The van der Waals surface area contributed by atoms with E-state index in [-0.39, 0.29) is 11.9 Å². The molecule has 0 aliphatic carbocycles. The van der Waals surface area contributed by atoms with Gasteiger partial charge in [-0.2, -0.15) is 0 Å². The Bertz CT molecular complexity index is 401. The Morgan fingerprint density at radius 3 is 2.50 bits per heavy atom. The zero-order valence-electron chi connectivity index (χ0n) is 11.2. The molecule has 2 unspecified atom stereocenters. The van der Waals surface area contributed by atoms with Gasteiger partial charge in [-0.25, -0.2) is 0 Å². The quantitative estimate of drug-likeness (QED) is 0.878. The van der Waals surface area contributed by atoms with Crippen LogP contribution in [-0.4, -0.2) is 17.5 Å². The number of nitrogens with two attached hydrogens (primary N) is 1. The number of halogens is 1. The smallest absolute Gasteiger partial charge is 0.240 e. The topological polar surface area (TPSA) is 55.1 Å². The third kappa shape index (κ3) is 4.42. The number of hydrogen-bond acceptors (Lipinski definition) is 2. The molecular weight excluding hydrogens is 292 g/mol. The summed E-state index contributed by atoms with van der Waals surface area (Å²) in [5, 5.41) is 2.96. The SMILES string of the molecule is CCC(C)(N)C(=O)NC(C)Cc1ccc(Br)cc1. The first-order chi connectivity index (χ1) is 8.35. The molecule has 2 atom stereocenters. The van der Waals surface area contributed by atoms with Crippen molar-refractivity contribution in [2.45, 2.75) is 45.2 Å². The first kappa shape index (κ1) is 15.2. The van der Waals surface area contributed by atoms with Crippen LogP contribution in [0, 0.1) is 0 Å². The number of rotatable bonds is 5. The Balaban J connectivity index is 2.54. The van der Waals surface area contributed by atoms with Crippen LogP contribution < -0.4 is 11.1 Å². The van der Waals surface area contributed by atoms with E-state index >= 15 is 0 Å². The predicted octanol–water partition coefficient (Wildman–Crippen LogP) is 2.62. The molecule has 0 aliphatic heterocycles. The van der Waals surface area contributed by atoms with Crippen LogP contribution in [0.5, 0.6) is 0 Å². The second-order valence-corrected chi connectivity index (χ2v) is 5.89. The average molecular weight is 313 g/mol. The largest absolute Gasteiger partial charge is 0.352 e.